The zero-order valence-corrected chi connectivity index (χ0v) is 7.31. The van der Waals surface area contributed by atoms with Crippen LogP contribution in [-0.2, 0) is 0 Å². The Bertz CT molecular complexity index is 52.7. The Morgan fingerprint density at radius 1 is 0.600 bits per heavy atom. The van der Waals surface area contributed by atoms with Crippen molar-refractivity contribution in [3.63, 3.8) is 0 Å². The van der Waals surface area contributed by atoms with Crippen LogP contribution in [0.2, 0.25) is 0 Å². The van der Waals surface area contributed by atoms with Crippen molar-refractivity contribution >= 4 is 0 Å². The monoisotopic (exact) mass is 148 g/mol. The number of rotatable bonds is 0. The van der Waals surface area contributed by atoms with Crippen molar-refractivity contribution in [1.29, 1.82) is 0 Å². The first-order chi connectivity index (χ1) is 4.00. The highest BCUT2D eigenvalue weighted by Gasteiger charge is 1.96. The molecule has 0 spiro atoms. The Hall–Kier alpha value is -0.160. The van der Waals surface area contributed by atoms with Crippen molar-refractivity contribution in [2.75, 3.05) is 0 Å². The van der Waals surface area contributed by atoms with Gasteiger partial charge in [0.15, 0.2) is 0 Å². The van der Waals surface area contributed by atoms with Crippen LogP contribution >= 0.6 is 0 Å². The van der Waals surface area contributed by atoms with Gasteiger partial charge in [0.2, 0.25) is 0 Å². The van der Waals surface area contributed by atoms with Gasteiger partial charge in [0.25, 0.3) is 0 Å². The molecule has 0 rings (SSSR count). The van der Waals surface area contributed by atoms with Gasteiger partial charge in [-0.15, -0.1) is 0 Å². The van der Waals surface area contributed by atoms with Crippen molar-refractivity contribution in [3.8, 4) is 0 Å². The molecule has 0 saturated carbocycles. The van der Waals surface area contributed by atoms with Gasteiger partial charge in [0.1, 0.15) is 0 Å². The standard InChI is InChI=1S/2C3H10N2/c2*1-3(2,4)5/h2*4-5H2,1-2H3. The van der Waals surface area contributed by atoms with Gasteiger partial charge >= 0.3 is 0 Å². The third-order valence-electron chi connectivity index (χ3n) is 0. The highest BCUT2D eigenvalue weighted by Crippen LogP contribution is 1.76. The Kier molecular flexibility index (Phi) is 4.85. The van der Waals surface area contributed by atoms with Crippen LogP contribution in [0.1, 0.15) is 27.7 Å². The molecule has 0 radical (unpaired) electrons. The summed E-state index contributed by atoms with van der Waals surface area (Å²) >= 11 is 0. The molecular formula is C6H20N4. The minimum absolute atomic E-state index is 0.500. The molecule has 4 heteroatoms. The number of nitrogens with two attached hydrogens (primary N) is 4. The SMILES string of the molecule is CC(C)(N)N.CC(C)(N)N. The summed E-state index contributed by atoms with van der Waals surface area (Å²) in [4.78, 5) is 0. The van der Waals surface area contributed by atoms with E-state index in [4.69, 9.17) is 22.9 Å². The first-order valence-electron chi connectivity index (χ1n) is 3.15. The second kappa shape index (κ2) is 3.88. The lowest BCUT2D eigenvalue weighted by atomic mass is 10.3. The lowest BCUT2D eigenvalue weighted by molar-refractivity contribution is 0.546. The minimum Gasteiger partial charge on any atom is -0.314 e. The molecule has 0 fully saturated rings. The maximum absolute atomic E-state index is 5.13. The minimum atomic E-state index is -0.500. The Morgan fingerprint density at radius 2 is 0.600 bits per heavy atom. The zero-order chi connectivity index (χ0) is 9.00. The van der Waals surface area contributed by atoms with E-state index in [0.717, 1.165) is 0 Å². The van der Waals surface area contributed by atoms with Crippen LogP contribution in [-0.4, -0.2) is 11.3 Å². The van der Waals surface area contributed by atoms with Crippen LogP contribution in [0.15, 0.2) is 0 Å². The summed E-state index contributed by atoms with van der Waals surface area (Å²) in [5.41, 5.74) is 19.5. The summed E-state index contributed by atoms with van der Waals surface area (Å²) in [6, 6.07) is 0. The van der Waals surface area contributed by atoms with Gasteiger partial charge in [0.05, 0.1) is 11.3 Å². The summed E-state index contributed by atoms with van der Waals surface area (Å²) < 4.78 is 0. The molecule has 0 aliphatic heterocycles. The fourth-order valence-electron chi connectivity index (χ4n) is 0. The fourth-order valence-corrected chi connectivity index (χ4v) is 0. The van der Waals surface area contributed by atoms with Crippen molar-refractivity contribution in [3.05, 3.63) is 0 Å². The average Bonchev–Trinajstić information content (AvgIpc) is 1.12. The molecule has 0 saturated heterocycles. The lowest BCUT2D eigenvalue weighted by Gasteiger charge is -2.07. The quantitative estimate of drug-likeness (QED) is 0.340. The number of hydrogen-bond acceptors (Lipinski definition) is 4. The van der Waals surface area contributed by atoms with Gasteiger partial charge in [-0.2, -0.15) is 0 Å². The molecule has 0 amide bonds. The van der Waals surface area contributed by atoms with E-state index in [1.165, 1.54) is 0 Å². The van der Waals surface area contributed by atoms with E-state index >= 15 is 0 Å². The molecule has 0 aromatic carbocycles. The van der Waals surface area contributed by atoms with Crippen LogP contribution in [0, 0.1) is 0 Å². The van der Waals surface area contributed by atoms with Gasteiger partial charge in [-0.1, -0.05) is 0 Å². The van der Waals surface area contributed by atoms with Crippen molar-refractivity contribution in [2.24, 2.45) is 22.9 Å². The second-order valence-electron chi connectivity index (χ2n) is 3.64. The molecule has 0 bridgehead atoms. The van der Waals surface area contributed by atoms with Gasteiger partial charge in [-0.25, -0.2) is 0 Å². The topological polar surface area (TPSA) is 104 Å². The summed E-state index contributed by atoms with van der Waals surface area (Å²) in [6.45, 7) is 6.97. The van der Waals surface area contributed by atoms with Gasteiger partial charge < -0.3 is 22.9 Å². The van der Waals surface area contributed by atoms with Crippen molar-refractivity contribution in [1.82, 2.24) is 0 Å². The molecule has 10 heavy (non-hydrogen) atoms. The fraction of sp³-hybridized carbons (Fsp3) is 1.00. The van der Waals surface area contributed by atoms with Crippen LogP contribution < -0.4 is 22.9 Å². The molecular weight excluding hydrogens is 128 g/mol. The maximum Gasteiger partial charge on any atom is 0.0578 e. The summed E-state index contributed by atoms with van der Waals surface area (Å²) in [5.74, 6) is 0. The third-order valence-corrected chi connectivity index (χ3v) is 0. The first kappa shape index (κ1) is 12.5. The van der Waals surface area contributed by atoms with Crippen LogP contribution in [0.25, 0.3) is 0 Å². The number of hydrogen-bond donors (Lipinski definition) is 4. The third kappa shape index (κ3) is 14300. The molecule has 64 valence electrons. The maximum atomic E-state index is 5.13. The van der Waals surface area contributed by atoms with Gasteiger partial charge in [-0.3, -0.25) is 0 Å². The van der Waals surface area contributed by atoms with E-state index < -0.39 is 11.3 Å². The van der Waals surface area contributed by atoms with E-state index in [-0.39, 0.29) is 0 Å². The van der Waals surface area contributed by atoms with E-state index in [1.54, 1.807) is 27.7 Å². The van der Waals surface area contributed by atoms with E-state index in [2.05, 4.69) is 0 Å². The first-order valence-corrected chi connectivity index (χ1v) is 3.15. The normalized spacial score (nSPS) is 12.0. The predicted molar refractivity (Wildman–Crippen MR) is 44.9 cm³/mol. The molecule has 0 unspecified atom stereocenters. The molecule has 0 aromatic heterocycles. The van der Waals surface area contributed by atoms with Crippen molar-refractivity contribution in [2.45, 2.75) is 39.0 Å². The van der Waals surface area contributed by atoms with E-state index in [9.17, 15) is 0 Å². The van der Waals surface area contributed by atoms with E-state index in [1.807, 2.05) is 0 Å². The molecule has 0 aliphatic carbocycles. The molecule has 8 N–H and O–H groups in total. The largest absolute Gasteiger partial charge is 0.314 e. The highest BCUT2D eigenvalue weighted by molar-refractivity contribution is 4.57. The zero-order valence-electron chi connectivity index (χ0n) is 7.31. The predicted octanol–water partition coefficient (Wildman–Crippen LogP) is -0.720. The lowest BCUT2D eigenvalue weighted by Crippen LogP contribution is -2.42. The van der Waals surface area contributed by atoms with Crippen LogP contribution in [0.5, 0.6) is 0 Å². The average molecular weight is 148 g/mol. The molecule has 0 aliphatic rings. The van der Waals surface area contributed by atoms with Crippen LogP contribution in [0.4, 0.5) is 0 Å². The molecule has 0 aromatic rings. The van der Waals surface area contributed by atoms with Gasteiger partial charge in [0, 0.05) is 0 Å². The summed E-state index contributed by atoms with van der Waals surface area (Å²) in [6.07, 6.45) is 0. The van der Waals surface area contributed by atoms with Crippen LogP contribution in [0.3, 0.4) is 0 Å². The van der Waals surface area contributed by atoms with Gasteiger partial charge in [-0.05, 0) is 27.7 Å². The second-order valence-corrected chi connectivity index (χ2v) is 3.64. The Morgan fingerprint density at radius 3 is 0.600 bits per heavy atom. The molecule has 0 heterocycles. The van der Waals surface area contributed by atoms with E-state index in [0.29, 0.717) is 0 Å². The Balaban J connectivity index is 0. The molecule has 0 atom stereocenters. The summed E-state index contributed by atoms with van der Waals surface area (Å²) in [7, 11) is 0. The molecule has 4 nitrogen and oxygen atoms in total. The highest BCUT2D eigenvalue weighted by atomic mass is 14.9. The van der Waals surface area contributed by atoms with Crippen molar-refractivity contribution < 1.29 is 0 Å². The summed E-state index contributed by atoms with van der Waals surface area (Å²) in [5, 5.41) is 0. The Labute approximate surface area is 62.9 Å². The smallest absolute Gasteiger partial charge is 0.0578 e.